The van der Waals surface area contributed by atoms with Crippen molar-refractivity contribution in [2.75, 3.05) is 11.6 Å². The third kappa shape index (κ3) is 2.94. The highest BCUT2D eigenvalue weighted by molar-refractivity contribution is 8.02. The van der Waals surface area contributed by atoms with Crippen molar-refractivity contribution >= 4 is 52.6 Å². The quantitative estimate of drug-likeness (QED) is 0.393. The average molecular weight is 353 g/mol. The molecule has 2 aromatic heterocycles. The van der Waals surface area contributed by atoms with Crippen LogP contribution in [-0.4, -0.2) is 38.1 Å². The molecule has 3 heterocycles. The number of fused-ring (bicyclic) bond motifs is 1. The molecule has 1 atom stereocenters. The van der Waals surface area contributed by atoms with Gasteiger partial charge in [-0.05, 0) is 18.4 Å². The molecule has 0 aromatic carbocycles. The van der Waals surface area contributed by atoms with Crippen LogP contribution in [0.25, 0.3) is 0 Å². The number of nitrogens with one attached hydrogen (secondary N) is 1. The molecule has 2 aromatic rings. The highest BCUT2D eigenvalue weighted by atomic mass is 35.5. The maximum Gasteiger partial charge on any atom is 0.247 e. The normalized spacial score (nSPS) is 16.5. The molecule has 0 aliphatic carbocycles. The van der Waals surface area contributed by atoms with Crippen molar-refractivity contribution in [1.82, 2.24) is 15.0 Å². The van der Waals surface area contributed by atoms with E-state index in [1.54, 1.807) is 12.1 Å². The summed E-state index contributed by atoms with van der Waals surface area (Å²) in [5, 5.41) is 3.30. The van der Waals surface area contributed by atoms with Crippen molar-refractivity contribution in [2.45, 2.75) is 15.4 Å². The smallest absolute Gasteiger partial charge is 0.247 e. The molecule has 1 aliphatic heterocycles. The number of anilines is 1. The first-order valence-corrected chi connectivity index (χ1v) is 8.61. The van der Waals surface area contributed by atoms with Crippen LogP contribution in [0.15, 0.2) is 34.7 Å². The lowest BCUT2D eigenvalue weighted by molar-refractivity contribution is -0.115. The zero-order valence-electron chi connectivity index (χ0n) is 11.2. The van der Waals surface area contributed by atoms with E-state index in [2.05, 4.69) is 20.3 Å². The topological polar surface area (TPSA) is 84.8 Å². The number of carbonyl (C=O) groups is 2. The van der Waals surface area contributed by atoms with Crippen LogP contribution < -0.4 is 5.32 Å². The first kappa shape index (κ1) is 15.3. The third-order valence-corrected chi connectivity index (χ3v) is 4.85. The van der Waals surface area contributed by atoms with Gasteiger partial charge in [0.1, 0.15) is 10.8 Å². The number of aromatic nitrogens is 3. The molecular weight excluding hydrogens is 344 g/mol. The van der Waals surface area contributed by atoms with Gasteiger partial charge in [0.25, 0.3) is 0 Å². The molecule has 0 spiro atoms. The van der Waals surface area contributed by atoms with Crippen molar-refractivity contribution in [2.24, 2.45) is 0 Å². The number of carbonyl (C=O) groups excluding carboxylic acids is 2. The van der Waals surface area contributed by atoms with Crippen LogP contribution in [0.5, 0.6) is 0 Å². The van der Waals surface area contributed by atoms with E-state index in [4.69, 9.17) is 11.6 Å². The molecule has 1 amide bonds. The highest BCUT2D eigenvalue weighted by Crippen LogP contribution is 2.36. The Labute approximate surface area is 139 Å². The van der Waals surface area contributed by atoms with Gasteiger partial charge in [0.05, 0.1) is 10.6 Å². The molecule has 22 heavy (non-hydrogen) atoms. The van der Waals surface area contributed by atoms with Crippen LogP contribution in [0.4, 0.5) is 5.82 Å². The minimum Gasteiger partial charge on any atom is -0.309 e. The molecule has 0 radical (unpaired) electrons. The van der Waals surface area contributed by atoms with E-state index in [1.165, 1.54) is 24.2 Å². The molecular formula is C13H9ClN4O2S2. The van der Waals surface area contributed by atoms with Crippen LogP contribution in [0.3, 0.4) is 0 Å². The predicted molar refractivity (Wildman–Crippen MR) is 85.7 cm³/mol. The number of hydrogen-bond donors (Lipinski definition) is 1. The summed E-state index contributed by atoms with van der Waals surface area (Å²) >= 11 is 8.24. The van der Waals surface area contributed by atoms with E-state index in [0.717, 1.165) is 11.8 Å². The largest absolute Gasteiger partial charge is 0.309 e. The number of thioether (sulfide) groups is 2. The number of amides is 1. The number of pyridine rings is 1. The molecule has 6 nitrogen and oxygen atoms in total. The molecule has 1 aliphatic rings. The number of halogens is 1. The zero-order chi connectivity index (χ0) is 15.7. The molecule has 0 fully saturated rings. The molecule has 0 bridgehead atoms. The van der Waals surface area contributed by atoms with Crippen molar-refractivity contribution in [3.63, 3.8) is 0 Å². The van der Waals surface area contributed by atoms with E-state index >= 15 is 0 Å². The first-order chi connectivity index (χ1) is 10.6. The SMILES string of the molecule is CSc1ncc2c(n1)SC(C(=O)Nc1ccc(Cl)cn1)C2=O. The summed E-state index contributed by atoms with van der Waals surface area (Å²) in [5.74, 6) is -0.387. The van der Waals surface area contributed by atoms with Crippen molar-refractivity contribution in [3.8, 4) is 0 Å². The summed E-state index contributed by atoms with van der Waals surface area (Å²) in [7, 11) is 0. The van der Waals surface area contributed by atoms with Crippen LogP contribution in [-0.2, 0) is 4.79 Å². The Bertz CT molecular complexity index is 754. The van der Waals surface area contributed by atoms with E-state index in [-0.39, 0.29) is 5.78 Å². The number of hydrogen-bond acceptors (Lipinski definition) is 7. The second-order valence-electron chi connectivity index (χ2n) is 4.29. The van der Waals surface area contributed by atoms with Gasteiger partial charge in [-0.15, -0.1) is 0 Å². The van der Waals surface area contributed by atoms with E-state index in [9.17, 15) is 9.59 Å². The van der Waals surface area contributed by atoms with Gasteiger partial charge in [-0.2, -0.15) is 0 Å². The summed E-state index contributed by atoms with van der Waals surface area (Å²) in [6.45, 7) is 0. The number of ketones is 1. The lowest BCUT2D eigenvalue weighted by Gasteiger charge is -2.07. The van der Waals surface area contributed by atoms with Gasteiger partial charge in [0, 0.05) is 12.4 Å². The Kier molecular flexibility index (Phi) is 4.32. The van der Waals surface area contributed by atoms with Gasteiger partial charge < -0.3 is 5.32 Å². The van der Waals surface area contributed by atoms with Crippen molar-refractivity contribution in [3.05, 3.63) is 35.1 Å². The predicted octanol–water partition coefficient (Wildman–Crippen LogP) is 2.54. The maximum absolute atomic E-state index is 12.3. The Morgan fingerprint density at radius 2 is 2.18 bits per heavy atom. The first-order valence-electron chi connectivity index (χ1n) is 6.13. The minimum absolute atomic E-state index is 0.292. The summed E-state index contributed by atoms with van der Waals surface area (Å²) in [4.78, 5) is 36.8. The lowest BCUT2D eigenvalue weighted by atomic mass is 10.1. The van der Waals surface area contributed by atoms with Gasteiger partial charge in [-0.25, -0.2) is 15.0 Å². The summed E-state index contributed by atoms with van der Waals surface area (Å²) in [6.07, 6.45) is 4.74. The molecule has 112 valence electrons. The monoisotopic (exact) mass is 352 g/mol. The lowest BCUT2D eigenvalue weighted by Crippen LogP contribution is -2.29. The Hall–Kier alpha value is -1.64. The fourth-order valence-electron chi connectivity index (χ4n) is 1.83. The van der Waals surface area contributed by atoms with Crippen LogP contribution in [0.1, 0.15) is 10.4 Å². The van der Waals surface area contributed by atoms with Crippen molar-refractivity contribution in [1.29, 1.82) is 0 Å². The van der Waals surface area contributed by atoms with Gasteiger partial charge in [0.2, 0.25) is 5.91 Å². The van der Waals surface area contributed by atoms with Crippen molar-refractivity contribution < 1.29 is 9.59 Å². The summed E-state index contributed by atoms with van der Waals surface area (Å²) in [5.41, 5.74) is 0.381. The molecule has 9 heteroatoms. The molecule has 0 saturated heterocycles. The molecule has 1 N–H and O–H groups in total. The van der Waals surface area contributed by atoms with Gasteiger partial charge >= 0.3 is 0 Å². The number of nitrogens with zero attached hydrogens (tertiary/aromatic N) is 3. The highest BCUT2D eigenvalue weighted by Gasteiger charge is 2.38. The fourth-order valence-corrected chi connectivity index (χ4v) is 3.38. The molecule has 0 saturated carbocycles. The average Bonchev–Trinajstić information content (AvgIpc) is 2.86. The van der Waals surface area contributed by atoms with Crippen LogP contribution >= 0.6 is 35.1 Å². The summed E-state index contributed by atoms with van der Waals surface area (Å²) in [6, 6.07) is 3.18. The van der Waals surface area contributed by atoms with Crippen LogP contribution in [0.2, 0.25) is 5.02 Å². The summed E-state index contributed by atoms with van der Waals surface area (Å²) < 4.78 is 0. The minimum atomic E-state index is -0.876. The Balaban J connectivity index is 1.77. The molecule has 1 unspecified atom stereocenters. The van der Waals surface area contributed by atoms with E-state index in [0.29, 0.717) is 26.6 Å². The van der Waals surface area contributed by atoms with Gasteiger partial charge in [-0.3, -0.25) is 9.59 Å². The molecule has 3 rings (SSSR count). The van der Waals surface area contributed by atoms with E-state index < -0.39 is 11.2 Å². The maximum atomic E-state index is 12.3. The Morgan fingerprint density at radius 3 is 2.86 bits per heavy atom. The number of Topliss-reactive ketones (excluding diaryl/α,β-unsaturated/α-hetero) is 1. The van der Waals surface area contributed by atoms with Gasteiger partial charge in [-0.1, -0.05) is 35.1 Å². The standard InChI is InChI=1S/C13H9ClN4O2S2/c1-21-13-16-5-7-9(19)10(22-12(7)18-13)11(20)17-8-3-2-6(14)4-15-8/h2-5,10H,1H3,(H,15,17,20). The second kappa shape index (κ2) is 6.23. The Morgan fingerprint density at radius 1 is 1.36 bits per heavy atom. The number of rotatable bonds is 3. The van der Waals surface area contributed by atoms with Gasteiger partial charge in [0.15, 0.2) is 16.2 Å². The van der Waals surface area contributed by atoms with E-state index in [1.807, 2.05) is 6.26 Å². The third-order valence-electron chi connectivity index (χ3n) is 2.86. The fraction of sp³-hybridized carbons (Fsp3) is 0.154. The zero-order valence-corrected chi connectivity index (χ0v) is 13.6. The second-order valence-corrected chi connectivity index (χ2v) is 6.59. The van der Waals surface area contributed by atoms with Crippen LogP contribution in [0, 0.1) is 0 Å².